The number of halogens is 6. The number of nitrogens with zero attached hydrogens (tertiary/aromatic N) is 10. The van der Waals surface area contributed by atoms with Gasteiger partial charge in [-0.05, 0) is 158 Å². The van der Waals surface area contributed by atoms with Gasteiger partial charge in [-0.25, -0.2) is 19.9 Å². The Bertz CT molecular complexity index is 3890. The minimum absolute atomic E-state index is 0.511. The Kier molecular flexibility index (Phi) is 27.8. The van der Waals surface area contributed by atoms with Crippen molar-refractivity contribution >= 4 is 143 Å². The molecule has 10 N–H and O–H groups in total. The molecule has 28 heteroatoms. The fourth-order valence-electron chi connectivity index (χ4n) is 7.85. The third-order valence-electron chi connectivity index (χ3n) is 12.2. The zero-order valence-electron chi connectivity index (χ0n) is 49.7. The second-order valence-electron chi connectivity index (χ2n) is 19.0. The number of rotatable bonds is 18. The van der Waals surface area contributed by atoms with Crippen molar-refractivity contribution in [3.8, 4) is 0 Å². The van der Waals surface area contributed by atoms with Crippen LogP contribution in [0.5, 0.6) is 0 Å². The summed E-state index contributed by atoms with van der Waals surface area (Å²) in [7, 11) is 6.94. The average molecular weight is 1380 g/mol. The molecule has 12 aromatic rings. The predicted octanol–water partition coefficient (Wildman–Crippen LogP) is 17.0. The smallest absolute Gasteiger partial charge is 0.172 e. The van der Waals surface area contributed by atoms with Gasteiger partial charge in [0.25, 0.3) is 0 Å². The van der Waals surface area contributed by atoms with Gasteiger partial charge >= 0.3 is 0 Å². The Morgan fingerprint density at radius 1 is 0.489 bits per heavy atom. The summed E-state index contributed by atoms with van der Waals surface area (Å²) in [4.78, 5) is 29.1. The standard InChI is InChI=1S/C12H15ClN4O.C11H12ClN3O.C11H12ClN3.C10H11ClN4.C9H8BrN3.C9H8ClN3/c1-17-14-8-12(16-17)15-11-4-3-10(13)7-9(11)5-6-18-2;1-16-6-8-4-9(12)2-3-10(8)15-11-5-13-7-14-11;1-2-8-5-9(12)3-4-10(8)15-11-6-13-7-14-11;1-7-5-8(11)3-4-9(7)12-10-6-15(2)14-13-10;2*10-7-1-3-8(4-2-7)13-9-5-11-6-12-9/h3-4,7-8H,5-6H2,1-2H3,(H,15,16);2-5,7,15H,6H2,1H3,(H,13,14);3-7,15H,2H2,1H3,(H,13,14);3-6,12H,1-2H3;2*1-6,13H,(H,11,12). The SMILES string of the molecule is Brc1ccc(Nc2cnc[nH]2)cc1.CCc1cc(Cl)ccc1Nc1cnc[nH]1.COCCc1cc(Cl)ccc1Nc1cnn(C)n1.COCc1cc(Cl)ccc1Nc1cnc[nH]1.Cc1cc(Cl)ccc1Nc1cn(C)nn1.Clc1ccc(Nc2cnc[nH]2)cc1. The number of imidazole rings is 4. The molecular weight excluding hydrogens is 1310 g/mol. The Morgan fingerprint density at radius 3 is 1.38 bits per heavy atom. The largest absolute Gasteiger partial charge is 0.384 e. The van der Waals surface area contributed by atoms with E-state index in [1.807, 2.05) is 141 Å². The maximum Gasteiger partial charge on any atom is 0.172 e. The highest BCUT2D eigenvalue weighted by Crippen LogP contribution is 2.28. The summed E-state index contributed by atoms with van der Waals surface area (Å²) in [6, 6.07) is 38.3. The highest BCUT2D eigenvalue weighted by molar-refractivity contribution is 9.10. The fraction of sp³-hybridized carbons (Fsp3) is 0.161. The van der Waals surface area contributed by atoms with E-state index in [-0.39, 0.29) is 0 Å². The van der Waals surface area contributed by atoms with E-state index in [9.17, 15) is 0 Å². The first-order valence-electron chi connectivity index (χ1n) is 27.5. The van der Waals surface area contributed by atoms with E-state index in [0.29, 0.717) is 29.1 Å². The van der Waals surface area contributed by atoms with E-state index in [0.717, 1.165) is 112 Å². The number of methoxy groups -OCH3 is 2. The van der Waals surface area contributed by atoms with Crippen molar-refractivity contribution in [3.63, 3.8) is 0 Å². The van der Waals surface area contributed by atoms with Crippen molar-refractivity contribution in [2.45, 2.75) is 33.3 Å². The first kappa shape index (κ1) is 68.6. The monoisotopic (exact) mass is 1380 g/mol. The van der Waals surface area contributed by atoms with Crippen molar-refractivity contribution in [1.29, 1.82) is 0 Å². The summed E-state index contributed by atoms with van der Waals surface area (Å²) in [6.45, 7) is 5.25. The lowest BCUT2D eigenvalue weighted by Crippen LogP contribution is -2.01. The summed E-state index contributed by atoms with van der Waals surface area (Å²) in [6.07, 6.45) is 18.7. The molecule has 0 aliphatic heterocycles. The van der Waals surface area contributed by atoms with Gasteiger partial charge in [0.15, 0.2) is 11.6 Å². The van der Waals surface area contributed by atoms with Crippen LogP contribution < -0.4 is 31.9 Å². The third-order valence-corrected chi connectivity index (χ3v) is 13.9. The van der Waals surface area contributed by atoms with Gasteiger partial charge in [-0.15, -0.1) is 10.2 Å². The molecule has 0 aliphatic rings. The van der Waals surface area contributed by atoms with Crippen molar-refractivity contribution in [2.75, 3.05) is 52.7 Å². The van der Waals surface area contributed by atoms with Crippen LogP contribution in [0.1, 0.15) is 29.2 Å². The highest BCUT2D eigenvalue weighted by atomic mass is 79.9. The first-order chi connectivity index (χ1) is 43.6. The van der Waals surface area contributed by atoms with E-state index in [2.05, 4.69) is 115 Å². The third kappa shape index (κ3) is 23.9. The van der Waals surface area contributed by atoms with Gasteiger partial charge in [0.1, 0.15) is 23.3 Å². The van der Waals surface area contributed by atoms with Crippen molar-refractivity contribution in [3.05, 3.63) is 236 Å². The molecule has 90 heavy (non-hydrogen) atoms. The molecule has 0 unspecified atom stereocenters. The number of nitrogens with one attached hydrogen (secondary N) is 10. The van der Waals surface area contributed by atoms with Crippen molar-refractivity contribution < 1.29 is 9.47 Å². The van der Waals surface area contributed by atoms with Crippen molar-refractivity contribution in [1.82, 2.24) is 69.9 Å². The number of aromatic nitrogens is 14. The molecule has 0 radical (unpaired) electrons. The van der Waals surface area contributed by atoms with Gasteiger partial charge in [0.2, 0.25) is 0 Å². The van der Waals surface area contributed by atoms with Gasteiger partial charge in [0.05, 0.1) is 75.7 Å². The molecule has 468 valence electrons. The van der Waals surface area contributed by atoms with Crippen LogP contribution in [0.15, 0.2) is 188 Å². The Hall–Kier alpha value is -8.91. The minimum Gasteiger partial charge on any atom is -0.384 e. The lowest BCUT2D eigenvalue weighted by atomic mass is 10.1. The second kappa shape index (κ2) is 36.5. The minimum atomic E-state index is 0.511. The quantitative estimate of drug-likeness (QED) is 0.0383. The lowest BCUT2D eigenvalue weighted by molar-refractivity contribution is 0.185. The molecule has 6 heterocycles. The average Bonchev–Trinajstić information content (AvgIpc) is 3.34. The normalized spacial score (nSPS) is 10.3. The molecule has 6 aromatic carbocycles. The molecule has 0 bridgehead atoms. The molecule has 0 amide bonds. The molecular formula is C62H66BrCl5N20O2. The number of hydrogen-bond donors (Lipinski definition) is 10. The number of aryl methyl sites for hydroxylation is 4. The van der Waals surface area contributed by atoms with E-state index in [4.69, 9.17) is 67.5 Å². The van der Waals surface area contributed by atoms with Crippen LogP contribution in [-0.4, -0.2) is 90.7 Å². The zero-order chi connectivity index (χ0) is 64.0. The number of benzene rings is 6. The van der Waals surface area contributed by atoms with Gasteiger partial charge in [-0.3, -0.25) is 4.68 Å². The predicted molar refractivity (Wildman–Crippen MR) is 368 cm³/mol. The highest BCUT2D eigenvalue weighted by Gasteiger charge is 2.09. The Labute approximate surface area is 554 Å². The van der Waals surface area contributed by atoms with Gasteiger partial charge in [-0.2, -0.15) is 9.90 Å². The number of aromatic amines is 4. The Morgan fingerprint density at radius 2 is 0.933 bits per heavy atom. The van der Waals surface area contributed by atoms with Crippen LogP contribution in [-0.2, 0) is 43.0 Å². The van der Waals surface area contributed by atoms with E-state index < -0.39 is 0 Å². The van der Waals surface area contributed by atoms with Crippen LogP contribution in [0.25, 0.3) is 0 Å². The van der Waals surface area contributed by atoms with Gasteiger partial charge in [-0.1, -0.05) is 86.1 Å². The van der Waals surface area contributed by atoms with E-state index in [1.54, 1.807) is 82.2 Å². The van der Waals surface area contributed by atoms with Crippen LogP contribution in [0.3, 0.4) is 0 Å². The molecule has 0 atom stereocenters. The van der Waals surface area contributed by atoms with E-state index >= 15 is 0 Å². The van der Waals surface area contributed by atoms with E-state index in [1.165, 1.54) is 10.4 Å². The molecule has 0 fully saturated rings. The summed E-state index contributed by atoms with van der Waals surface area (Å²) in [5.41, 5.74) is 10.4. The lowest BCUT2D eigenvalue weighted by Gasteiger charge is -2.10. The van der Waals surface area contributed by atoms with Crippen LogP contribution in [0.2, 0.25) is 25.1 Å². The van der Waals surface area contributed by atoms with Crippen LogP contribution >= 0.6 is 73.9 Å². The summed E-state index contributed by atoms with van der Waals surface area (Å²) in [5.74, 6) is 4.90. The zero-order valence-corrected chi connectivity index (χ0v) is 55.1. The molecule has 0 spiro atoms. The first-order valence-corrected chi connectivity index (χ1v) is 30.2. The Balaban J connectivity index is 0.000000154. The van der Waals surface area contributed by atoms with Crippen molar-refractivity contribution in [2.24, 2.45) is 14.1 Å². The number of ether oxygens (including phenoxy) is 2. The van der Waals surface area contributed by atoms with Gasteiger partial charge in [0, 0.05) is 97.6 Å². The van der Waals surface area contributed by atoms with Gasteiger partial charge < -0.3 is 61.3 Å². The summed E-state index contributed by atoms with van der Waals surface area (Å²) in [5, 5.41) is 38.8. The molecule has 6 aromatic heterocycles. The second-order valence-corrected chi connectivity index (χ2v) is 22.1. The summed E-state index contributed by atoms with van der Waals surface area (Å²) >= 11 is 32.8. The van der Waals surface area contributed by atoms with Crippen LogP contribution in [0, 0.1) is 6.92 Å². The molecule has 12 rings (SSSR count). The fourth-order valence-corrected chi connectivity index (χ4v) is 9.06. The molecule has 22 nitrogen and oxygen atoms in total. The number of hydrogen-bond acceptors (Lipinski definition) is 16. The summed E-state index contributed by atoms with van der Waals surface area (Å²) < 4.78 is 12.9. The topological polar surface area (TPSA) is 267 Å². The van der Waals surface area contributed by atoms with Crippen LogP contribution in [0.4, 0.5) is 69.0 Å². The maximum absolute atomic E-state index is 6.00. The molecule has 0 saturated heterocycles. The number of H-pyrrole nitrogens is 4. The molecule has 0 aliphatic carbocycles. The maximum atomic E-state index is 6.00. The number of anilines is 12. The molecule has 0 saturated carbocycles.